The summed E-state index contributed by atoms with van der Waals surface area (Å²) in [6.45, 7) is 8.35. The molecule has 2 nitrogen and oxygen atoms in total. The molecule has 0 aromatic heterocycles. The molecule has 94 valence electrons. The van der Waals surface area contributed by atoms with Gasteiger partial charge in [-0.1, -0.05) is 29.8 Å². The second kappa shape index (κ2) is 4.99. The highest BCUT2D eigenvalue weighted by molar-refractivity contribution is 9.10. The van der Waals surface area contributed by atoms with Crippen LogP contribution in [0.1, 0.15) is 48.8 Å². The predicted octanol–water partition coefficient (Wildman–Crippen LogP) is 3.66. The number of hydrogen-bond acceptors (Lipinski definition) is 2. The molecule has 1 atom stereocenters. The van der Waals surface area contributed by atoms with Gasteiger partial charge in [0.15, 0.2) is 0 Å². The largest absolute Gasteiger partial charge is 0.507 e. The fraction of sp³-hybridized carbons (Fsp3) is 0.571. The van der Waals surface area contributed by atoms with Crippen molar-refractivity contribution >= 4 is 15.9 Å². The van der Waals surface area contributed by atoms with Gasteiger partial charge in [0.25, 0.3) is 0 Å². The lowest BCUT2D eigenvalue weighted by atomic mass is 9.88. The van der Waals surface area contributed by atoms with Crippen LogP contribution in [-0.4, -0.2) is 18.2 Å². The van der Waals surface area contributed by atoms with Crippen molar-refractivity contribution in [2.24, 2.45) is 0 Å². The lowest BCUT2D eigenvalue weighted by Gasteiger charge is -2.20. The summed E-state index contributed by atoms with van der Waals surface area (Å²) in [6, 6.07) is 2.06. The van der Waals surface area contributed by atoms with Gasteiger partial charge >= 0.3 is 0 Å². The highest BCUT2D eigenvalue weighted by Gasteiger charge is 2.25. The molecule has 0 aliphatic carbocycles. The first kappa shape index (κ1) is 12.9. The Kier molecular flexibility index (Phi) is 3.79. The van der Waals surface area contributed by atoms with E-state index in [1.54, 1.807) is 0 Å². The molecule has 1 aromatic rings. The van der Waals surface area contributed by atoms with Crippen LogP contribution in [0.4, 0.5) is 0 Å². The third kappa shape index (κ3) is 2.36. The second-order valence-corrected chi connectivity index (χ2v) is 6.03. The zero-order valence-corrected chi connectivity index (χ0v) is 12.3. The van der Waals surface area contributed by atoms with E-state index in [-0.39, 0.29) is 0 Å². The van der Waals surface area contributed by atoms with E-state index in [0.717, 1.165) is 35.1 Å². The van der Waals surface area contributed by atoms with E-state index in [2.05, 4.69) is 48.1 Å². The molecule has 1 aliphatic heterocycles. The number of aromatic hydroxyl groups is 1. The summed E-state index contributed by atoms with van der Waals surface area (Å²) in [4.78, 5) is 0. The van der Waals surface area contributed by atoms with E-state index in [0.29, 0.717) is 17.6 Å². The topological polar surface area (TPSA) is 32.3 Å². The number of benzene rings is 1. The molecule has 17 heavy (non-hydrogen) atoms. The van der Waals surface area contributed by atoms with E-state index in [1.807, 2.05) is 0 Å². The first-order chi connectivity index (χ1) is 8.02. The predicted molar refractivity (Wildman–Crippen MR) is 74.9 cm³/mol. The van der Waals surface area contributed by atoms with Crippen molar-refractivity contribution in [3.8, 4) is 5.75 Å². The number of phenols is 1. The monoisotopic (exact) mass is 297 g/mol. The summed E-state index contributed by atoms with van der Waals surface area (Å²) in [5.41, 5.74) is 3.36. The molecule has 2 N–H and O–H groups in total. The van der Waals surface area contributed by atoms with Gasteiger partial charge in [-0.3, -0.25) is 0 Å². The van der Waals surface area contributed by atoms with Crippen molar-refractivity contribution in [1.82, 2.24) is 5.32 Å². The maximum Gasteiger partial charge on any atom is 0.122 e. The summed E-state index contributed by atoms with van der Waals surface area (Å²) in [5, 5.41) is 13.8. The first-order valence-corrected chi connectivity index (χ1v) is 7.04. The number of rotatable bonds is 2. The lowest BCUT2D eigenvalue weighted by molar-refractivity contribution is 0.451. The van der Waals surface area contributed by atoms with Gasteiger partial charge in [0.2, 0.25) is 0 Å². The van der Waals surface area contributed by atoms with Crippen molar-refractivity contribution in [3.63, 3.8) is 0 Å². The van der Waals surface area contributed by atoms with Crippen LogP contribution in [0.15, 0.2) is 10.5 Å². The van der Waals surface area contributed by atoms with E-state index < -0.39 is 0 Å². The van der Waals surface area contributed by atoms with Gasteiger partial charge in [0.05, 0.1) is 0 Å². The molecule has 1 aromatic carbocycles. The fourth-order valence-electron chi connectivity index (χ4n) is 2.62. The Morgan fingerprint density at radius 3 is 2.71 bits per heavy atom. The Morgan fingerprint density at radius 2 is 2.18 bits per heavy atom. The Hall–Kier alpha value is -0.540. The van der Waals surface area contributed by atoms with Gasteiger partial charge in [-0.2, -0.15) is 0 Å². The quantitative estimate of drug-likeness (QED) is 0.873. The van der Waals surface area contributed by atoms with Crippen LogP contribution in [0.2, 0.25) is 0 Å². The highest BCUT2D eigenvalue weighted by atomic mass is 79.9. The van der Waals surface area contributed by atoms with Gasteiger partial charge in [-0.05, 0) is 43.0 Å². The maximum absolute atomic E-state index is 10.5. The molecule has 0 bridgehead atoms. The van der Waals surface area contributed by atoms with Crippen molar-refractivity contribution in [3.05, 3.63) is 27.2 Å². The number of halogens is 1. The summed E-state index contributed by atoms with van der Waals surface area (Å²) >= 11 is 3.61. The Labute approximate surface area is 112 Å². The standard InChI is InChI=1S/C14H20BrNO/c1-8(2)11-6-12(15)9(3)13(14(11)17)10-4-5-16-7-10/h6,8,10,16-17H,4-5,7H2,1-3H3. The van der Waals surface area contributed by atoms with Crippen LogP contribution in [0.25, 0.3) is 0 Å². The van der Waals surface area contributed by atoms with Crippen LogP contribution >= 0.6 is 15.9 Å². The zero-order valence-electron chi connectivity index (χ0n) is 10.7. The van der Waals surface area contributed by atoms with Crippen LogP contribution in [-0.2, 0) is 0 Å². The molecule has 0 saturated carbocycles. The van der Waals surface area contributed by atoms with Crippen LogP contribution < -0.4 is 5.32 Å². The average molecular weight is 298 g/mol. The molecule has 0 amide bonds. The van der Waals surface area contributed by atoms with E-state index in [1.165, 1.54) is 5.56 Å². The number of nitrogens with one attached hydrogen (secondary N) is 1. The summed E-state index contributed by atoms with van der Waals surface area (Å²) in [6.07, 6.45) is 1.11. The van der Waals surface area contributed by atoms with Crippen LogP contribution in [0.3, 0.4) is 0 Å². The van der Waals surface area contributed by atoms with Crippen LogP contribution in [0, 0.1) is 6.92 Å². The molecule has 1 fully saturated rings. The normalized spacial score (nSPS) is 20.2. The lowest BCUT2D eigenvalue weighted by Crippen LogP contribution is -2.10. The van der Waals surface area contributed by atoms with Crippen molar-refractivity contribution < 1.29 is 5.11 Å². The zero-order chi connectivity index (χ0) is 12.6. The Bertz CT molecular complexity index is 423. The van der Waals surface area contributed by atoms with Crippen molar-refractivity contribution in [2.45, 2.75) is 39.0 Å². The van der Waals surface area contributed by atoms with Gasteiger partial charge in [-0.15, -0.1) is 0 Å². The van der Waals surface area contributed by atoms with Crippen molar-refractivity contribution in [2.75, 3.05) is 13.1 Å². The molecule has 2 rings (SSSR count). The average Bonchev–Trinajstić information content (AvgIpc) is 2.76. The minimum atomic E-state index is 0.347. The molecule has 3 heteroatoms. The van der Waals surface area contributed by atoms with Gasteiger partial charge < -0.3 is 10.4 Å². The number of phenolic OH excluding ortho intramolecular Hbond substituents is 1. The highest BCUT2D eigenvalue weighted by Crippen LogP contribution is 2.41. The SMILES string of the molecule is Cc1c(Br)cc(C(C)C)c(O)c1C1CCNC1. The first-order valence-electron chi connectivity index (χ1n) is 6.25. The van der Waals surface area contributed by atoms with Gasteiger partial charge in [0.1, 0.15) is 5.75 Å². The third-order valence-electron chi connectivity index (χ3n) is 3.66. The maximum atomic E-state index is 10.5. The van der Waals surface area contributed by atoms with E-state index >= 15 is 0 Å². The van der Waals surface area contributed by atoms with E-state index in [9.17, 15) is 5.11 Å². The molecule has 0 spiro atoms. The minimum Gasteiger partial charge on any atom is -0.507 e. The smallest absolute Gasteiger partial charge is 0.122 e. The van der Waals surface area contributed by atoms with E-state index in [4.69, 9.17) is 0 Å². The number of hydrogen-bond donors (Lipinski definition) is 2. The summed E-state index contributed by atoms with van der Waals surface area (Å²) in [5.74, 6) is 1.31. The van der Waals surface area contributed by atoms with Crippen molar-refractivity contribution in [1.29, 1.82) is 0 Å². The molecule has 1 aliphatic rings. The van der Waals surface area contributed by atoms with Crippen LogP contribution in [0.5, 0.6) is 5.75 Å². The van der Waals surface area contributed by atoms with Gasteiger partial charge in [-0.25, -0.2) is 0 Å². The van der Waals surface area contributed by atoms with Gasteiger partial charge in [0, 0.05) is 22.5 Å². The molecule has 1 unspecified atom stereocenters. The fourth-order valence-corrected chi connectivity index (χ4v) is 3.08. The molecule has 1 heterocycles. The molecular weight excluding hydrogens is 278 g/mol. The summed E-state index contributed by atoms with van der Waals surface area (Å²) in [7, 11) is 0. The third-order valence-corrected chi connectivity index (χ3v) is 4.49. The summed E-state index contributed by atoms with van der Waals surface area (Å²) < 4.78 is 1.11. The Balaban J connectivity index is 2.55. The minimum absolute atomic E-state index is 0.347. The molecule has 0 radical (unpaired) electrons. The molecule has 1 saturated heterocycles. The second-order valence-electron chi connectivity index (χ2n) is 5.18. The molecular formula is C14H20BrNO. The Morgan fingerprint density at radius 1 is 1.47 bits per heavy atom.